The maximum atomic E-state index is 12.7. The Morgan fingerprint density at radius 1 is 1.15 bits per heavy atom. The molecule has 1 fully saturated rings. The van der Waals surface area contributed by atoms with Crippen LogP contribution in [0.25, 0.3) is 0 Å². The van der Waals surface area contributed by atoms with Crippen molar-refractivity contribution in [1.82, 2.24) is 4.98 Å². The molecule has 1 aromatic carbocycles. The number of aromatic nitrogens is 1. The average molecular weight is 378 g/mol. The second-order valence-corrected chi connectivity index (χ2v) is 6.08. The third kappa shape index (κ3) is 4.00. The molecule has 1 saturated heterocycles. The number of methoxy groups -OCH3 is 2. The lowest BCUT2D eigenvalue weighted by atomic mass is 10.2. The molecule has 1 N–H and O–H groups in total. The van der Waals surface area contributed by atoms with Gasteiger partial charge in [-0.1, -0.05) is 11.6 Å². The Morgan fingerprint density at radius 2 is 1.88 bits per heavy atom. The molecule has 1 amide bonds. The van der Waals surface area contributed by atoms with E-state index in [4.69, 9.17) is 25.8 Å². The summed E-state index contributed by atoms with van der Waals surface area (Å²) in [5.74, 6) is 0.597. The number of pyridine rings is 1. The number of benzene rings is 1. The number of anilines is 2. The van der Waals surface area contributed by atoms with Gasteiger partial charge in [0.2, 0.25) is 0 Å². The Bertz CT molecular complexity index is 794. The first-order valence-corrected chi connectivity index (χ1v) is 8.51. The van der Waals surface area contributed by atoms with E-state index in [2.05, 4.69) is 15.2 Å². The highest BCUT2D eigenvalue weighted by molar-refractivity contribution is 6.32. The van der Waals surface area contributed by atoms with Crippen molar-refractivity contribution in [3.8, 4) is 11.5 Å². The number of nitrogens with one attached hydrogen (secondary N) is 1. The van der Waals surface area contributed by atoms with E-state index >= 15 is 0 Å². The van der Waals surface area contributed by atoms with Gasteiger partial charge in [0.05, 0.1) is 55.6 Å². The molecule has 2 aromatic rings. The number of rotatable bonds is 5. The first kappa shape index (κ1) is 18.3. The molecule has 0 spiro atoms. The van der Waals surface area contributed by atoms with Crippen LogP contribution in [-0.4, -0.2) is 51.4 Å². The summed E-state index contributed by atoms with van der Waals surface area (Å²) in [7, 11) is 3.02. The number of amides is 1. The van der Waals surface area contributed by atoms with Gasteiger partial charge >= 0.3 is 0 Å². The molecule has 26 heavy (non-hydrogen) atoms. The fourth-order valence-electron chi connectivity index (χ4n) is 2.70. The van der Waals surface area contributed by atoms with E-state index in [0.717, 1.165) is 18.8 Å². The highest BCUT2D eigenvalue weighted by Gasteiger charge is 2.16. The Balaban J connectivity index is 1.82. The summed E-state index contributed by atoms with van der Waals surface area (Å²) < 4.78 is 15.8. The number of hydrogen-bond acceptors (Lipinski definition) is 6. The topological polar surface area (TPSA) is 72.9 Å². The molecule has 1 aromatic heterocycles. The molecule has 0 atom stereocenters. The van der Waals surface area contributed by atoms with Gasteiger partial charge in [0.25, 0.3) is 5.91 Å². The minimum Gasteiger partial charge on any atom is -0.495 e. The third-order valence-corrected chi connectivity index (χ3v) is 4.38. The van der Waals surface area contributed by atoms with E-state index in [1.807, 2.05) is 6.07 Å². The number of carbonyl (C=O) groups is 1. The lowest BCUT2D eigenvalue weighted by Gasteiger charge is -2.28. The molecule has 8 heteroatoms. The van der Waals surface area contributed by atoms with Crippen LogP contribution in [0.1, 0.15) is 10.4 Å². The molecule has 0 aliphatic carbocycles. The monoisotopic (exact) mass is 377 g/mol. The molecule has 0 unspecified atom stereocenters. The van der Waals surface area contributed by atoms with Crippen molar-refractivity contribution in [2.75, 3.05) is 50.7 Å². The molecule has 0 saturated carbocycles. The second-order valence-electron chi connectivity index (χ2n) is 5.67. The highest BCUT2D eigenvalue weighted by Crippen LogP contribution is 2.36. The molecule has 138 valence electrons. The van der Waals surface area contributed by atoms with Gasteiger partial charge in [-0.2, -0.15) is 0 Å². The Kier molecular flexibility index (Phi) is 5.80. The van der Waals surface area contributed by atoms with Gasteiger partial charge in [0, 0.05) is 31.4 Å². The zero-order valence-corrected chi connectivity index (χ0v) is 15.4. The quantitative estimate of drug-likeness (QED) is 0.863. The minimum atomic E-state index is -0.296. The zero-order valence-electron chi connectivity index (χ0n) is 14.6. The van der Waals surface area contributed by atoms with Crippen LogP contribution < -0.4 is 19.7 Å². The van der Waals surface area contributed by atoms with E-state index in [-0.39, 0.29) is 5.91 Å². The minimum absolute atomic E-state index is 0.296. The van der Waals surface area contributed by atoms with E-state index in [1.54, 1.807) is 18.3 Å². The van der Waals surface area contributed by atoms with Crippen molar-refractivity contribution in [2.24, 2.45) is 0 Å². The van der Waals surface area contributed by atoms with Gasteiger partial charge in [-0.3, -0.25) is 9.78 Å². The molecular weight excluding hydrogens is 358 g/mol. The van der Waals surface area contributed by atoms with Crippen LogP contribution in [-0.2, 0) is 4.74 Å². The summed E-state index contributed by atoms with van der Waals surface area (Å²) in [5.41, 5.74) is 1.81. The fraction of sp³-hybridized carbons (Fsp3) is 0.333. The Labute approximate surface area is 156 Å². The van der Waals surface area contributed by atoms with Gasteiger partial charge < -0.3 is 24.4 Å². The van der Waals surface area contributed by atoms with Crippen LogP contribution in [0.3, 0.4) is 0 Å². The Morgan fingerprint density at radius 3 is 2.58 bits per heavy atom. The van der Waals surface area contributed by atoms with Crippen molar-refractivity contribution in [2.45, 2.75) is 0 Å². The maximum absolute atomic E-state index is 12.7. The molecule has 7 nitrogen and oxygen atoms in total. The molecular formula is C18H20ClN3O4. The number of nitrogens with zero attached hydrogens (tertiary/aromatic N) is 2. The van der Waals surface area contributed by atoms with Gasteiger partial charge in [0.1, 0.15) is 11.5 Å². The first-order valence-electron chi connectivity index (χ1n) is 8.13. The highest BCUT2D eigenvalue weighted by atomic mass is 35.5. The van der Waals surface area contributed by atoms with Crippen molar-refractivity contribution in [3.05, 3.63) is 41.2 Å². The number of carbonyl (C=O) groups excluding carboxylic acids is 1. The van der Waals surface area contributed by atoms with E-state index in [1.165, 1.54) is 20.4 Å². The lowest BCUT2D eigenvalue weighted by molar-refractivity contribution is 0.102. The second kappa shape index (κ2) is 8.25. The smallest absolute Gasteiger partial charge is 0.257 e. The molecule has 2 heterocycles. The number of hydrogen-bond donors (Lipinski definition) is 1. The van der Waals surface area contributed by atoms with Crippen molar-refractivity contribution in [1.29, 1.82) is 0 Å². The third-order valence-electron chi connectivity index (χ3n) is 4.08. The SMILES string of the molecule is COc1cc(NC(=O)c2cncc(N3CCOCC3)c2)c(OC)cc1Cl. The summed E-state index contributed by atoms with van der Waals surface area (Å²) in [6.07, 6.45) is 3.27. The van der Waals surface area contributed by atoms with Gasteiger partial charge in [-0.05, 0) is 6.07 Å². The molecule has 1 aliphatic rings. The van der Waals surface area contributed by atoms with E-state index in [0.29, 0.717) is 41.0 Å². The molecule has 0 radical (unpaired) electrons. The predicted octanol–water partition coefficient (Wildman–Crippen LogP) is 2.84. The summed E-state index contributed by atoms with van der Waals surface area (Å²) in [5, 5.41) is 3.23. The van der Waals surface area contributed by atoms with Gasteiger partial charge in [0.15, 0.2) is 0 Å². The predicted molar refractivity (Wildman–Crippen MR) is 99.8 cm³/mol. The summed E-state index contributed by atoms with van der Waals surface area (Å²) in [4.78, 5) is 19.0. The van der Waals surface area contributed by atoms with Crippen LogP contribution in [0, 0.1) is 0 Å². The van der Waals surface area contributed by atoms with Crippen molar-refractivity contribution >= 4 is 28.9 Å². The van der Waals surface area contributed by atoms with E-state index in [9.17, 15) is 4.79 Å². The van der Waals surface area contributed by atoms with Crippen LogP contribution in [0.2, 0.25) is 5.02 Å². The fourth-order valence-corrected chi connectivity index (χ4v) is 2.93. The standard InChI is InChI=1S/C18H20ClN3O4/c1-24-16-9-15(17(25-2)8-14(16)19)21-18(23)12-7-13(11-20-10-12)22-3-5-26-6-4-22/h7-11H,3-6H2,1-2H3,(H,21,23). The number of morpholine rings is 1. The van der Waals surface area contributed by atoms with Crippen LogP contribution in [0.15, 0.2) is 30.6 Å². The van der Waals surface area contributed by atoms with Crippen molar-refractivity contribution < 1.29 is 19.0 Å². The Hall–Kier alpha value is -2.51. The first-order chi connectivity index (χ1) is 12.6. The van der Waals surface area contributed by atoms with Crippen LogP contribution in [0.5, 0.6) is 11.5 Å². The summed E-state index contributed by atoms with van der Waals surface area (Å²) in [6, 6.07) is 5.03. The molecule has 1 aliphatic heterocycles. The molecule has 0 bridgehead atoms. The zero-order chi connectivity index (χ0) is 18.5. The van der Waals surface area contributed by atoms with Crippen molar-refractivity contribution in [3.63, 3.8) is 0 Å². The number of halogens is 1. The maximum Gasteiger partial charge on any atom is 0.257 e. The summed E-state index contributed by atoms with van der Waals surface area (Å²) >= 11 is 6.10. The van der Waals surface area contributed by atoms with E-state index < -0.39 is 0 Å². The largest absolute Gasteiger partial charge is 0.495 e. The van der Waals surface area contributed by atoms with Gasteiger partial charge in [-0.25, -0.2) is 0 Å². The van der Waals surface area contributed by atoms with Crippen LogP contribution >= 0.6 is 11.6 Å². The molecule has 3 rings (SSSR count). The normalized spacial score (nSPS) is 14.0. The van der Waals surface area contributed by atoms with Gasteiger partial charge in [-0.15, -0.1) is 0 Å². The van der Waals surface area contributed by atoms with Crippen LogP contribution in [0.4, 0.5) is 11.4 Å². The lowest BCUT2D eigenvalue weighted by Crippen LogP contribution is -2.36. The summed E-state index contributed by atoms with van der Waals surface area (Å²) in [6.45, 7) is 2.88. The number of ether oxygens (including phenoxy) is 3. The average Bonchev–Trinajstić information content (AvgIpc) is 2.69.